The Hall–Kier alpha value is -4.91. The van der Waals surface area contributed by atoms with Crippen LogP contribution in [0.3, 0.4) is 0 Å². The van der Waals surface area contributed by atoms with Crippen molar-refractivity contribution in [3.05, 3.63) is 73.2 Å². The van der Waals surface area contributed by atoms with Gasteiger partial charge >= 0.3 is 6.03 Å². The van der Waals surface area contributed by atoms with E-state index >= 15 is 0 Å². The van der Waals surface area contributed by atoms with E-state index in [2.05, 4.69) is 30.6 Å². The lowest BCUT2D eigenvalue weighted by Crippen LogP contribution is -2.19. The molecule has 200 valence electrons. The summed E-state index contributed by atoms with van der Waals surface area (Å²) in [5.74, 6) is 1.03. The minimum atomic E-state index is -3.46. The monoisotopic (exact) mass is 547 g/mol. The first-order valence-electron chi connectivity index (χ1n) is 11.9. The number of hydrogen-bond donors (Lipinski definition) is 3. The number of urea groups is 1. The van der Waals surface area contributed by atoms with Gasteiger partial charge in [-0.2, -0.15) is 5.10 Å². The summed E-state index contributed by atoms with van der Waals surface area (Å²) < 4.78 is 37.9. The highest BCUT2D eigenvalue weighted by Crippen LogP contribution is 2.31. The van der Waals surface area contributed by atoms with Gasteiger partial charge in [-0.3, -0.25) is 9.40 Å². The van der Waals surface area contributed by atoms with Crippen molar-refractivity contribution in [2.75, 3.05) is 21.6 Å². The number of fused-ring (bicyclic) bond motifs is 1. The molecule has 3 aromatic heterocycles. The SMILES string of the molecule is CC(C)n1cc(NC(=O)Nc2ccc(Oc3ccnc(NS(C)(=O)=O)c3)cc2)c(-c2ccc3oncc3c2)n1. The van der Waals surface area contributed by atoms with Crippen LogP contribution in [0.1, 0.15) is 19.9 Å². The van der Waals surface area contributed by atoms with E-state index in [-0.39, 0.29) is 11.9 Å². The Balaban J connectivity index is 1.27. The van der Waals surface area contributed by atoms with Crippen molar-refractivity contribution in [2.24, 2.45) is 0 Å². The largest absolute Gasteiger partial charge is 0.457 e. The number of anilines is 3. The molecule has 39 heavy (non-hydrogen) atoms. The molecule has 2 amide bonds. The fourth-order valence-corrected chi connectivity index (χ4v) is 4.22. The Morgan fingerprint density at radius 2 is 1.82 bits per heavy atom. The molecular weight excluding hydrogens is 522 g/mol. The first-order chi connectivity index (χ1) is 18.6. The van der Waals surface area contributed by atoms with Crippen molar-refractivity contribution in [2.45, 2.75) is 19.9 Å². The number of nitrogens with one attached hydrogen (secondary N) is 3. The summed E-state index contributed by atoms with van der Waals surface area (Å²) in [6.07, 6.45) is 5.89. The average molecular weight is 548 g/mol. The molecule has 5 aromatic rings. The maximum atomic E-state index is 12.9. The minimum Gasteiger partial charge on any atom is -0.457 e. The van der Waals surface area contributed by atoms with Gasteiger partial charge in [-0.25, -0.2) is 18.2 Å². The van der Waals surface area contributed by atoms with E-state index in [0.717, 1.165) is 17.2 Å². The maximum absolute atomic E-state index is 12.9. The Kier molecular flexibility index (Phi) is 6.90. The van der Waals surface area contributed by atoms with Gasteiger partial charge in [0.15, 0.2) is 5.58 Å². The molecule has 0 saturated heterocycles. The van der Waals surface area contributed by atoms with E-state index in [4.69, 9.17) is 9.26 Å². The number of aromatic nitrogens is 4. The first kappa shape index (κ1) is 25.7. The van der Waals surface area contributed by atoms with E-state index in [9.17, 15) is 13.2 Å². The molecule has 0 fully saturated rings. The second kappa shape index (κ2) is 10.5. The molecular formula is C26H25N7O5S. The number of carbonyl (C=O) groups is 1. The fourth-order valence-electron chi connectivity index (χ4n) is 3.73. The normalized spacial score (nSPS) is 11.5. The quantitative estimate of drug-likeness (QED) is 0.231. The number of sulfonamides is 1. The van der Waals surface area contributed by atoms with Gasteiger partial charge in [-0.05, 0) is 62.4 Å². The summed E-state index contributed by atoms with van der Waals surface area (Å²) in [4.78, 5) is 16.8. The summed E-state index contributed by atoms with van der Waals surface area (Å²) in [6.45, 7) is 4.00. The lowest BCUT2D eigenvalue weighted by molar-refractivity contribution is 0.262. The molecule has 0 bridgehead atoms. The average Bonchev–Trinajstić information content (AvgIpc) is 3.51. The summed E-state index contributed by atoms with van der Waals surface area (Å²) in [6, 6.07) is 15.0. The van der Waals surface area contributed by atoms with Crippen LogP contribution >= 0.6 is 0 Å². The van der Waals surface area contributed by atoms with Gasteiger partial charge in [-0.15, -0.1) is 0 Å². The highest BCUT2D eigenvalue weighted by molar-refractivity contribution is 7.92. The third-order valence-corrected chi connectivity index (χ3v) is 6.08. The zero-order chi connectivity index (χ0) is 27.6. The molecule has 0 aliphatic carbocycles. The Bertz CT molecular complexity index is 1740. The highest BCUT2D eigenvalue weighted by atomic mass is 32.2. The van der Waals surface area contributed by atoms with Crippen molar-refractivity contribution in [1.29, 1.82) is 0 Å². The second-order valence-electron chi connectivity index (χ2n) is 9.00. The second-order valence-corrected chi connectivity index (χ2v) is 10.7. The van der Waals surface area contributed by atoms with Crippen LogP contribution in [0.25, 0.3) is 22.2 Å². The van der Waals surface area contributed by atoms with Crippen LogP contribution in [0.5, 0.6) is 11.5 Å². The third-order valence-electron chi connectivity index (χ3n) is 5.50. The molecule has 2 aromatic carbocycles. The molecule has 0 aliphatic heterocycles. The van der Waals surface area contributed by atoms with Crippen LogP contribution < -0.4 is 20.1 Å². The number of benzene rings is 2. The molecule has 0 atom stereocenters. The predicted molar refractivity (Wildman–Crippen MR) is 147 cm³/mol. The van der Waals surface area contributed by atoms with Crippen LogP contribution in [0, 0.1) is 0 Å². The molecule has 0 saturated carbocycles. The van der Waals surface area contributed by atoms with E-state index in [1.54, 1.807) is 47.4 Å². The van der Waals surface area contributed by atoms with Gasteiger partial charge in [0.1, 0.15) is 23.0 Å². The number of nitrogens with zero attached hydrogens (tertiary/aromatic N) is 4. The van der Waals surface area contributed by atoms with Crippen LogP contribution in [0.2, 0.25) is 0 Å². The lowest BCUT2D eigenvalue weighted by atomic mass is 10.1. The Morgan fingerprint density at radius 3 is 2.56 bits per heavy atom. The molecule has 13 heteroatoms. The van der Waals surface area contributed by atoms with Crippen molar-refractivity contribution in [3.63, 3.8) is 0 Å². The molecule has 0 aliphatic rings. The van der Waals surface area contributed by atoms with Gasteiger partial charge < -0.3 is 19.9 Å². The summed E-state index contributed by atoms with van der Waals surface area (Å²) in [5.41, 5.74) is 3.18. The number of amides is 2. The van der Waals surface area contributed by atoms with Gasteiger partial charge in [0.2, 0.25) is 10.0 Å². The molecule has 12 nitrogen and oxygen atoms in total. The zero-order valence-electron chi connectivity index (χ0n) is 21.2. The van der Waals surface area contributed by atoms with E-state index in [1.807, 2.05) is 32.0 Å². The molecule has 3 N–H and O–H groups in total. The zero-order valence-corrected chi connectivity index (χ0v) is 22.1. The smallest absolute Gasteiger partial charge is 0.323 e. The molecule has 5 rings (SSSR count). The highest BCUT2D eigenvalue weighted by Gasteiger charge is 2.16. The third kappa shape index (κ3) is 6.33. The number of ether oxygens (including phenoxy) is 1. The molecule has 0 radical (unpaired) electrons. The van der Waals surface area contributed by atoms with Crippen LogP contribution in [0.4, 0.5) is 22.0 Å². The molecule has 0 spiro atoms. The summed E-state index contributed by atoms with van der Waals surface area (Å²) >= 11 is 0. The first-order valence-corrected chi connectivity index (χ1v) is 13.8. The standard InChI is InChI=1S/C26H25N7O5S/c1-16(2)33-15-22(25(31-33)17-4-9-23-18(12-17)14-28-38-23)30-26(34)29-19-5-7-20(8-6-19)37-21-10-11-27-24(13-21)32-39(3,35)36/h4-16H,1-3H3,(H,27,32)(H2,29,30,34). The van der Waals surface area contributed by atoms with E-state index in [1.165, 1.54) is 12.3 Å². The van der Waals surface area contributed by atoms with Crippen LogP contribution in [0.15, 0.2) is 77.7 Å². The number of carbonyl (C=O) groups excluding carboxylic acids is 1. The predicted octanol–water partition coefficient (Wildman–Crippen LogP) is 5.48. The van der Waals surface area contributed by atoms with Crippen molar-refractivity contribution in [3.8, 4) is 22.8 Å². The van der Waals surface area contributed by atoms with Gasteiger partial charge in [0.25, 0.3) is 0 Å². The maximum Gasteiger partial charge on any atom is 0.323 e. The fraction of sp³-hybridized carbons (Fsp3) is 0.154. The number of hydrogen-bond acceptors (Lipinski definition) is 8. The van der Waals surface area contributed by atoms with Gasteiger partial charge in [-0.1, -0.05) is 5.16 Å². The summed E-state index contributed by atoms with van der Waals surface area (Å²) in [5, 5.41) is 15.0. The van der Waals surface area contributed by atoms with Crippen molar-refractivity contribution in [1.82, 2.24) is 19.9 Å². The Morgan fingerprint density at radius 1 is 1.03 bits per heavy atom. The molecule has 0 unspecified atom stereocenters. The van der Waals surface area contributed by atoms with Crippen molar-refractivity contribution < 1.29 is 22.5 Å². The van der Waals surface area contributed by atoms with Crippen molar-refractivity contribution >= 4 is 44.2 Å². The minimum absolute atomic E-state index is 0.0906. The topological polar surface area (TPSA) is 153 Å². The number of pyridine rings is 1. The van der Waals surface area contributed by atoms with Gasteiger partial charge in [0.05, 0.1) is 18.1 Å². The van der Waals surface area contributed by atoms with Crippen LogP contribution in [-0.4, -0.2) is 40.6 Å². The van der Waals surface area contributed by atoms with Crippen LogP contribution in [-0.2, 0) is 10.0 Å². The number of rotatable bonds is 8. The Labute approximate surface area is 224 Å². The lowest BCUT2D eigenvalue weighted by Gasteiger charge is -2.10. The van der Waals surface area contributed by atoms with E-state index in [0.29, 0.717) is 34.2 Å². The molecule has 3 heterocycles. The van der Waals surface area contributed by atoms with Gasteiger partial charge in [0, 0.05) is 41.1 Å². The van der Waals surface area contributed by atoms with E-state index < -0.39 is 16.1 Å². The summed E-state index contributed by atoms with van der Waals surface area (Å²) in [7, 11) is -3.46.